The topological polar surface area (TPSA) is 79.9 Å². The first-order chi connectivity index (χ1) is 8.78. The Morgan fingerprint density at radius 2 is 2.39 bits per heavy atom. The molecule has 0 aromatic carbocycles. The van der Waals surface area contributed by atoms with Crippen LogP contribution >= 0.6 is 0 Å². The first-order valence-corrected chi connectivity index (χ1v) is 5.88. The third-order valence-electron chi connectivity index (χ3n) is 3.28. The van der Waals surface area contributed by atoms with E-state index in [1.54, 1.807) is 19.4 Å². The highest BCUT2D eigenvalue weighted by molar-refractivity contribution is 5.75. The van der Waals surface area contributed by atoms with Crippen LogP contribution in [-0.4, -0.2) is 34.7 Å². The Morgan fingerprint density at radius 1 is 1.50 bits per heavy atom. The van der Waals surface area contributed by atoms with Crippen LogP contribution in [0.3, 0.4) is 0 Å². The number of methoxy groups -OCH3 is 1. The largest absolute Gasteiger partial charge is 0.380 e. The van der Waals surface area contributed by atoms with Gasteiger partial charge in [-0.25, -0.2) is 4.98 Å². The Balaban J connectivity index is 2.01. The van der Waals surface area contributed by atoms with Crippen LogP contribution in [0.15, 0.2) is 23.3 Å². The molecule has 0 unspecified atom stereocenters. The van der Waals surface area contributed by atoms with Gasteiger partial charge in [0.05, 0.1) is 23.0 Å². The fourth-order valence-electron chi connectivity index (χ4n) is 2.26. The summed E-state index contributed by atoms with van der Waals surface area (Å²) in [4.78, 5) is 23.1. The van der Waals surface area contributed by atoms with Gasteiger partial charge in [-0.3, -0.25) is 9.78 Å². The maximum Gasteiger partial charge on any atom is 0.260 e. The molecule has 94 valence electrons. The summed E-state index contributed by atoms with van der Waals surface area (Å²) in [6, 6.07) is 1.79. The summed E-state index contributed by atoms with van der Waals surface area (Å²) in [5.74, 6) is 0.665. The zero-order valence-electron chi connectivity index (χ0n) is 10.0. The van der Waals surface area contributed by atoms with Crippen molar-refractivity contribution in [1.29, 1.82) is 0 Å². The Labute approximate surface area is 103 Å². The zero-order valence-corrected chi connectivity index (χ0v) is 10.0. The summed E-state index contributed by atoms with van der Waals surface area (Å²) in [6.45, 7) is 0.777. The summed E-state index contributed by atoms with van der Waals surface area (Å²) in [6.07, 6.45) is 4.16. The van der Waals surface area contributed by atoms with E-state index in [1.807, 2.05) is 0 Å². The van der Waals surface area contributed by atoms with Crippen molar-refractivity contribution in [3.63, 3.8) is 0 Å². The molecule has 18 heavy (non-hydrogen) atoms. The van der Waals surface area contributed by atoms with E-state index in [9.17, 15) is 4.79 Å². The number of aromatic amines is 1. The smallest absolute Gasteiger partial charge is 0.260 e. The second-order valence-corrected chi connectivity index (χ2v) is 4.40. The van der Waals surface area contributed by atoms with Crippen molar-refractivity contribution in [2.45, 2.75) is 18.6 Å². The Bertz CT molecular complexity index is 625. The van der Waals surface area contributed by atoms with E-state index in [1.165, 1.54) is 6.20 Å². The van der Waals surface area contributed by atoms with Crippen LogP contribution in [0.4, 0.5) is 0 Å². The first-order valence-electron chi connectivity index (χ1n) is 5.88. The molecule has 0 spiro atoms. The monoisotopic (exact) mass is 246 g/mol. The number of aromatic nitrogens is 3. The zero-order chi connectivity index (χ0) is 12.5. The molecule has 2 atom stereocenters. The van der Waals surface area contributed by atoms with Crippen LogP contribution < -0.4 is 10.9 Å². The predicted octanol–water partition coefficient (Wildman–Crippen LogP) is 0.368. The number of ether oxygens (including phenoxy) is 1. The number of nitrogens with zero attached hydrogens (tertiary/aromatic N) is 2. The van der Waals surface area contributed by atoms with Crippen molar-refractivity contribution in [2.75, 3.05) is 13.7 Å². The molecule has 1 aliphatic rings. The number of H-pyrrole nitrogens is 1. The van der Waals surface area contributed by atoms with Crippen LogP contribution in [0.25, 0.3) is 10.9 Å². The van der Waals surface area contributed by atoms with Crippen LogP contribution in [0.2, 0.25) is 0 Å². The lowest BCUT2D eigenvalue weighted by molar-refractivity contribution is 0.117. The lowest BCUT2D eigenvalue weighted by Gasteiger charge is -2.10. The van der Waals surface area contributed by atoms with Gasteiger partial charge in [0.25, 0.3) is 5.56 Å². The SMILES string of the molecule is CO[C@@H]1CN[C@H](c2nc3ccncc3c(=O)[nH]2)C1. The van der Waals surface area contributed by atoms with Crippen molar-refractivity contribution in [3.05, 3.63) is 34.6 Å². The summed E-state index contributed by atoms with van der Waals surface area (Å²) in [7, 11) is 1.69. The number of fused-ring (bicyclic) bond motifs is 1. The Morgan fingerprint density at radius 3 is 3.17 bits per heavy atom. The maximum atomic E-state index is 11.9. The molecule has 6 heteroatoms. The molecule has 2 aromatic heterocycles. The summed E-state index contributed by atoms with van der Waals surface area (Å²) in [5.41, 5.74) is 0.525. The lowest BCUT2D eigenvalue weighted by atomic mass is 10.2. The van der Waals surface area contributed by atoms with Crippen LogP contribution in [0, 0.1) is 0 Å². The van der Waals surface area contributed by atoms with E-state index >= 15 is 0 Å². The molecule has 3 heterocycles. The van der Waals surface area contributed by atoms with Crippen molar-refractivity contribution in [1.82, 2.24) is 20.3 Å². The average molecular weight is 246 g/mol. The van der Waals surface area contributed by atoms with Crippen molar-refractivity contribution in [2.24, 2.45) is 0 Å². The van der Waals surface area contributed by atoms with Gasteiger partial charge in [-0.2, -0.15) is 0 Å². The maximum absolute atomic E-state index is 11.9. The van der Waals surface area contributed by atoms with Gasteiger partial charge in [0.1, 0.15) is 5.82 Å². The van der Waals surface area contributed by atoms with E-state index in [2.05, 4.69) is 20.3 Å². The van der Waals surface area contributed by atoms with Crippen LogP contribution in [0.1, 0.15) is 18.3 Å². The number of rotatable bonds is 2. The minimum atomic E-state index is -0.147. The van der Waals surface area contributed by atoms with Crippen LogP contribution in [0.5, 0.6) is 0 Å². The molecule has 1 aliphatic heterocycles. The number of nitrogens with one attached hydrogen (secondary N) is 2. The number of hydrogen-bond donors (Lipinski definition) is 2. The molecular weight excluding hydrogens is 232 g/mol. The van der Waals surface area contributed by atoms with Crippen LogP contribution in [-0.2, 0) is 4.74 Å². The minimum absolute atomic E-state index is 0.0419. The molecule has 0 bridgehead atoms. The van der Waals surface area contributed by atoms with Crippen molar-refractivity contribution in [3.8, 4) is 0 Å². The highest BCUT2D eigenvalue weighted by Crippen LogP contribution is 2.22. The van der Waals surface area contributed by atoms with Gasteiger partial charge in [0.15, 0.2) is 0 Å². The summed E-state index contributed by atoms with van der Waals surface area (Å²) < 4.78 is 5.29. The molecule has 2 N–H and O–H groups in total. The highest BCUT2D eigenvalue weighted by atomic mass is 16.5. The molecule has 0 amide bonds. The lowest BCUT2D eigenvalue weighted by Crippen LogP contribution is -2.21. The van der Waals surface area contributed by atoms with Gasteiger partial charge in [-0.15, -0.1) is 0 Å². The molecule has 3 rings (SSSR count). The van der Waals surface area contributed by atoms with Crippen molar-refractivity contribution >= 4 is 10.9 Å². The molecule has 0 aliphatic carbocycles. The van der Waals surface area contributed by atoms with Gasteiger partial charge in [0.2, 0.25) is 0 Å². The van der Waals surface area contributed by atoms with E-state index in [0.29, 0.717) is 16.7 Å². The molecular formula is C12H14N4O2. The molecule has 1 saturated heterocycles. The van der Waals surface area contributed by atoms with E-state index in [-0.39, 0.29) is 17.7 Å². The normalized spacial score (nSPS) is 23.6. The fraction of sp³-hybridized carbons (Fsp3) is 0.417. The Hall–Kier alpha value is -1.79. The van der Waals surface area contributed by atoms with Gasteiger partial charge in [0, 0.05) is 26.0 Å². The predicted molar refractivity (Wildman–Crippen MR) is 66.3 cm³/mol. The van der Waals surface area contributed by atoms with Gasteiger partial charge in [-0.05, 0) is 12.5 Å². The number of pyridine rings is 1. The first kappa shape index (κ1) is 11.3. The van der Waals surface area contributed by atoms with E-state index in [4.69, 9.17) is 4.74 Å². The standard InChI is InChI=1S/C12H14N4O2/c1-18-7-4-10(14-5-7)11-15-9-2-3-13-6-8(9)12(17)16-11/h2-3,6-7,10,14H,4-5H2,1H3,(H,15,16,17)/t7-,10-/m0/s1. The minimum Gasteiger partial charge on any atom is -0.380 e. The average Bonchev–Trinajstić information content (AvgIpc) is 2.87. The van der Waals surface area contributed by atoms with Gasteiger partial charge < -0.3 is 15.0 Å². The summed E-state index contributed by atoms with van der Waals surface area (Å²) in [5, 5.41) is 3.81. The molecule has 2 aromatic rings. The second-order valence-electron chi connectivity index (χ2n) is 4.40. The van der Waals surface area contributed by atoms with Gasteiger partial charge >= 0.3 is 0 Å². The van der Waals surface area contributed by atoms with E-state index in [0.717, 1.165) is 13.0 Å². The highest BCUT2D eigenvalue weighted by Gasteiger charge is 2.27. The molecule has 0 saturated carbocycles. The quantitative estimate of drug-likeness (QED) is 0.800. The summed E-state index contributed by atoms with van der Waals surface area (Å²) >= 11 is 0. The molecule has 1 fully saturated rings. The third-order valence-corrected chi connectivity index (χ3v) is 3.28. The second kappa shape index (κ2) is 4.47. The number of hydrogen-bond acceptors (Lipinski definition) is 5. The Kier molecular flexibility index (Phi) is 2.81. The third kappa shape index (κ3) is 1.89. The van der Waals surface area contributed by atoms with Gasteiger partial charge in [-0.1, -0.05) is 0 Å². The molecule has 0 radical (unpaired) electrons. The van der Waals surface area contributed by atoms with E-state index < -0.39 is 0 Å². The van der Waals surface area contributed by atoms with Crippen molar-refractivity contribution < 1.29 is 4.74 Å². The molecule has 6 nitrogen and oxygen atoms in total. The fourth-order valence-corrected chi connectivity index (χ4v) is 2.26.